The molecule has 24 rings (SSSR count). The molecule has 12 nitrogen and oxygen atoms in total. The molecule has 6 aliphatic rings. The Morgan fingerprint density at radius 3 is 0.507 bits per heavy atom. The van der Waals surface area contributed by atoms with Crippen molar-refractivity contribution in [3.05, 3.63) is 437 Å². The van der Waals surface area contributed by atoms with Crippen molar-refractivity contribution in [2.24, 2.45) is 0 Å². The zero-order chi connectivity index (χ0) is 92.9. The summed E-state index contributed by atoms with van der Waals surface area (Å²) in [6, 6.07) is 148. The largest absolute Gasteiger partial charge is 0.586 e. The predicted octanol–water partition coefficient (Wildman–Crippen LogP) is 20.3. The minimum atomic E-state index is -3.99. The summed E-state index contributed by atoms with van der Waals surface area (Å²) in [5.74, 6) is 5.08. The molecule has 6 aliphatic heterocycles. The van der Waals surface area contributed by atoms with Crippen molar-refractivity contribution < 1.29 is 74.4 Å². The van der Waals surface area contributed by atoms with Crippen LogP contribution in [-0.4, -0.2) is 52.6 Å². The molecule has 22 heteroatoms. The van der Waals surface area contributed by atoms with Gasteiger partial charge in [0.25, 0.3) is 0 Å². The highest BCUT2D eigenvalue weighted by atomic mass is 31.1. The second-order valence-corrected chi connectivity index (χ2v) is 45.4. The summed E-state index contributed by atoms with van der Waals surface area (Å²) in [4.78, 5) is 0. The van der Waals surface area contributed by atoms with Gasteiger partial charge in [0.15, 0.2) is 69.0 Å². The summed E-state index contributed by atoms with van der Waals surface area (Å²) in [5.41, 5.74) is 4.42. The number of alkyl halides is 4. The van der Waals surface area contributed by atoms with Crippen molar-refractivity contribution in [3.63, 3.8) is 0 Å². The summed E-state index contributed by atoms with van der Waals surface area (Å²) < 4.78 is 131. The second kappa shape index (κ2) is 39.9. The molecule has 0 spiro atoms. The zero-order valence-electron chi connectivity index (χ0n) is 73.9. The van der Waals surface area contributed by atoms with Gasteiger partial charge in [0.05, 0.1) is 0 Å². The van der Waals surface area contributed by atoms with Crippen LogP contribution in [-0.2, 0) is 0 Å². The average molecular weight is 1930 g/mol. The number of benzene rings is 18. The van der Waals surface area contributed by atoms with Gasteiger partial charge < -0.3 is 56.8 Å². The molecule has 0 bridgehead atoms. The lowest BCUT2D eigenvalue weighted by atomic mass is 10.0. The van der Waals surface area contributed by atoms with Crippen LogP contribution in [0, 0.1) is 0 Å². The van der Waals surface area contributed by atoms with Crippen LogP contribution in [0.4, 0.5) is 17.6 Å². The van der Waals surface area contributed by atoms with E-state index in [0.717, 1.165) is 89.5 Å². The molecule has 0 atom stereocenters. The normalized spacial score (nSPS) is 14.0. The average Bonchev–Trinajstić information content (AvgIpc) is 1.52. The van der Waals surface area contributed by atoms with E-state index >= 15 is 0 Å². The van der Waals surface area contributed by atoms with E-state index in [2.05, 4.69) is 291 Å². The smallest absolute Gasteiger partial charge is 0.486 e. The van der Waals surface area contributed by atoms with Crippen molar-refractivity contribution in [3.8, 4) is 102 Å². The highest BCUT2D eigenvalue weighted by Crippen LogP contribution is 2.60. The lowest BCUT2D eigenvalue weighted by Gasteiger charge is -2.32. The molecule has 6 heterocycles. The lowest BCUT2D eigenvalue weighted by Crippen LogP contribution is -2.29. The molecule has 0 aliphatic carbocycles. The van der Waals surface area contributed by atoms with Gasteiger partial charge in [-0.05, 0) is 216 Å². The van der Waals surface area contributed by atoms with E-state index in [0.29, 0.717) is 37.0 Å². The maximum absolute atomic E-state index is 15.0. The van der Waals surface area contributed by atoms with Gasteiger partial charge in [0.2, 0.25) is 13.6 Å². The third-order valence-corrected chi connectivity index (χ3v) is 38.8. The van der Waals surface area contributed by atoms with Gasteiger partial charge in [-0.25, -0.2) is 0 Å². The Kier molecular flexibility index (Phi) is 25.8. The molecule has 18 aromatic rings. The number of rotatable bonds is 21. The van der Waals surface area contributed by atoms with Crippen LogP contribution >= 0.6 is 47.5 Å². The number of fused-ring (bicyclic) bond motifs is 6. The molecular weight excluding hydrogens is 1850 g/mol. The fourth-order valence-corrected chi connectivity index (χ4v) is 32.9. The maximum Gasteiger partial charge on any atom is 0.586 e. The standard InChI is InChI=1S/C40H32O4P2.C38H24F4O4P2.C38H28O4P2/c1-5-13-29(14-6-1)45(30-15-7-2-8-16-30)35-23-21-33-39(43-27-25-41-33)37(35)38-36(24-22-34-40(38)44-28-26-42-34)46(31-17-9-3-10-18-31)32-19-11-4-12-20-32;39-37(40)43-29-21-23-31(47(25-13-5-1-6-14-25)26-15-7-2-8-16-26)33(35(29)45-37)34-32(24-22-30-36(34)46-38(41,42)44-30)48(27-17-9-3-10-18-27)28-19-11-4-12-20-28;1-5-13-27(14-6-1)43(28-15-7-2-8-16-28)33-23-21-31-37(41-25-39-31)35(33)36-34(24-22-32-38(36)42-26-40-32)44(29-17-9-3-10-18-29)30-19-11-4-12-20-30/h1-24H,25-28H2;1-24H;1-24H,25-26H2. The predicted molar refractivity (Wildman–Crippen MR) is 555 cm³/mol. The number of hydrogen-bond donors (Lipinski definition) is 0. The monoisotopic (exact) mass is 1930 g/mol. The Morgan fingerprint density at radius 1 is 0.152 bits per heavy atom. The molecule has 0 amide bonds. The molecule has 0 saturated heterocycles. The highest BCUT2D eigenvalue weighted by molar-refractivity contribution is 7.82. The summed E-state index contributed by atoms with van der Waals surface area (Å²) >= 11 is 0. The first-order valence-corrected chi connectivity index (χ1v) is 53.0. The first-order chi connectivity index (χ1) is 68.0. The number of halogens is 4. The van der Waals surface area contributed by atoms with E-state index in [4.69, 9.17) is 56.8 Å². The van der Waals surface area contributed by atoms with Crippen LogP contribution in [0.15, 0.2) is 437 Å². The Labute approximate surface area is 803 Å². The van der Waals surface area contributed by atoms with E-state index < -0.39 is 60.1 Å². The van der Waals surface area contributed by atoms with Gasteiger partial charge in [-0.3, -0.25) is 0 Å². The van der Waals surface area contributed by atoms with Crippen LogP contribution in [0.2, 0.25) is 0 Å². The van der Waals surface area contributed by atoms with Crippen LogP contribution in [0.1, 0.15) is 0 Å². The quantitative estimate of drug-likeness (QED) is 0.0504. The van der Waals surface area contributed by atoms with E-state index in [-0.39, 0.29) is 47.7 Å². The van der Waals surface area contributed by atoms with Crippen LogP contribution in [0.3, 0.4) is 0 Å². The van der Waals surface area contributed by atoms with Crippen LogP contribution < -0.4 is 152 Å². The SMILES string of the molecule is FC1(F)Oc2ccc(P(c3ccccc3)c3ccccc3)c(-c3c(P(c4ccccc4)c4ccccc4)ccc4c3OC(F)(F)O4)c2O1.c1ccc(P(c2ccccc2)c2ccc3c(c2-c2c(P(c4ccccc4)c4ccccc4)ccc4c2OCCO4)OCCO3)cc1.c1ccc(P(c2ccccc2)c2ccc3c(c2-c2c(P(c4ccccc4)c4ccccc4)ccc4c2OCO4)OCO3)cc1. The Balaban J connectivity index is 0.000000120. The maximum atomic E-state index is 15.0. The molecule has 138 heavy (non-hydrogen) atoms. The lowest BCUT2D eigenvalue weighted by molar-refractivity contribution is -0.287. The molecule has 0 fully saturated rings. The van der Waals surface area contributed by atoms with Gasteiger partial charge in [-0.2, -0.15) is 0 Å². The Morgan fingerprint density at radius 2 is 0.312 bits per heavy atom. The number of ether oxygens (including phenoxy) is 12. The first kappa shape index (κ1) is 89.1. The van der Waals surface area contributed by atoms with Crippen molar-refractivity contribution in [1.29, 1.82) is 0 Å². The molecule has 0 radical (unpaired) electrons. The summed E-state index contributed by atoms with van der Waals surface area (Å²) in [7, 11) is -6.82. The molecular formula is C116H84F4O12P6. The minimum Gasteiger partial charge on any atom is -0.486 e. The van der Waals surface area contributed by atoms with Gasteiger partial charge in [-0.15, -0.1) is 17.6 Å². The van der Waals surface area contributed by atoms with E-state index in [9.17, 15) is 17.6 Å². The van der Waals surface area contributed by atoms with Crippen molar-refractivity contribution in [1.82, 2.24) is 0 Å². The Bertz CT molecular complexity index is 6690. The topological polar surface area (TPSA) is 111 Å². The molecule has 18 aromatic carbocycles. The third-order valence-electron chi connectivity index (χ3n) is 23.9. The fourth-order valence-electron chi connectivity index (χ4n) is 18.2. The Hall–Kier alpha value is -14.1. The van der Waals surface area contributed by atoms with Crippen molar-refractivity contribution in [2.45, 2.75) is 12.6 Å². The van der Waals surface area contributed by atoms with Gasteiger partial charge in [0, 0.05) is 33.4 Å². The van der Waals surface area contributed by atoms with Gasteiger partial charge >= 0.3 is 12.6 Å². The molecule has 0 N–H and O–H groups in total. The molecule has 0 unspecified atom stereocenters. The summed E-state index contributed by atoms with van der Waals surface area (Å²) in [6.45, 7) is 2.33. The van der Waals surface area contributed by atoms with Crippen LogP contribution in [0.5, 0.6) is 69.0 Å². The molecule has 0 aromatic heterocycles. The molecule has 678 valence electrons. The summed E-state index contributed by atoms with van der Waals surface area (Å²) in [6.07, 6.45) is -7.97. The van der Waals surface area contributed by atoms with E-state index in [1.165, 1.54) is 75.8 Å². The van der Waals surface area contributed by atoms with Gasteiger partial charge in [0.1, 0.15) is 26.4 Å². The van der Waals surface area contributed by atoms with E-state index in [1.807, 2.05) is 121 Å². The second-order valence-electron chi connectivity index (χ2n) is 32.3. The zero-order valence-corrected chi connectivity index (χ0v) is 79.3. The van der Waals surface area contributed by atoms with Crippen molar-refractivity contribution in [2.75, 3.05) is 40.0 Å². The summed E-state index contributed by atoms with van der Waals surface area (Å²) in [5, 5.41) is 19.7. The minimum absolute atomic E-state index is 0.175. The number of hydrogen-bond acceptors (Lipinski definition) is 12. The van der Waals surface area contributed by atoms with E-state index in [1.54, 1.807) is 12.1 Å². The third kappa shape index (κ3) is 18.1. The van der Waals surface area contributed by atoms with Gasteiger partial charge in [-0.1, -0.05) is 364 Å². The highest BCUT2D eigenvalue weighted by Gasteiger charge is 2.51. The fraction of sp³-hybridized carbons (Fsp3) is 0.0690. The molecule has 0 saturated carbocycles. The van der Waals surface area contributed by atoms with Crippen LogP contribution in [0.25, 0.3) is 33.4 Å². The first-order valence-electron chi connectivity index (χ1n) is 45.0. The van der Waals surface area contributed by atoms with Crippen molar-refractivity contribution >= 4 is 143 Å².